The molecule has 5 rings (SSSR count). The Morgan fingerprint density at radius 3 is 2.51 bits per heavy atom. The number of hydrogen-bond acceptors (Lipinski definition) is 7. The molecule has 0 saturated carbocycles. The average molecular weight is 660 g/mol. The third kappa shape index (κ3) is 8.93. The van der Waals surface area contributed by atoms with Crippen LogP contribution in [0.2, 0.25) is 5.02 Å². The third-order valence-corrected chi connectivity index (χ3v) is 8.82. The Kier molecular flexibility index (Phi) is 11.6. The maximum absolute atomic E-state index is 13.8. The summed E-state index contributed by atoms with van der Waals surface area (Å²) in [4.78, 5) is 45.6. The molecule has 10 heteroatoms. The molecule has 2 N–H and O–H groups in total. The number of benzene rings is 3. The molecule has 248 valence electrons. The van der Waals surface area contributed by atoms with E-state index >= 15 is 0 Å². The van der Waals surface area contributed by atoms with Crippen molar-refractivity contribution in [3.05, 3.63) is 94.1 Å². The van der Waals surface area contributed by atoms with Gasteiger partial charge in [-0.15, -0.1) is 0 Å². The lowest BCUT2D eigenvalue weighted by Crippen LogP contribution is -2.31. The number of methoxy groups -OCH3 is 1. The van der Waals surface area contributed by atoms with Crippen LogP contribution in [0.5, 0.6) is 11.5 Å². The highest BCUT2D eigenvalue weighted by Gasteiger charge is 2.35. The van der Waals surface area contributed by atoms with Crippen molar-refractivity contribution < 1.29 is 28.6 Å². The Balaban J connectivity index is 1.21. The number of aromatic nitrogens is 1. The van der Waals surface area contributed by atoms with Crippen LogP contribution in [0.1, 0.15) is 65.7 Å². The van der Waals surface area contributed by atoms with E-state index in [-0.39, 0.29) is 17.9 Å². The highest BCUT2D eigenvalue weighted by atomic mass is 35.5. The monoisotopic (exact) mass is 659 g/mol. The van der Waals surface area contributed by atoms with Gasteiger partial charge in [0.1, 0.15) is 11.5 Å². The first-order valence-corrected chi connectivity index (χ1v) is 16.5. The number of carbonyl (C=O) groups excluding carboxylic acids is 3. The number of nitrogens with zero attached hydrogens (tertiary/aromatic N) is 1. The summed E-state index contributed by atoms with van der Waals surface area (Å²) in [5.41, 5.74) is 3.64. The number of likely N-dealkylation sites (tertiary alicyclic amines) is 1. The van der Waals surface area contributed by atoms with Gasteiger partial charge in [0.25, 0.3) is 0 Å². The average Bonchev–Trinajstić information content (AvgIpc) is 3.68. The fraction of sp³-hybridized carbons (Fsp3) is 0.378. The molecule has 1 aromatic heterocycles. The summed E-state index contributed by atoms with van der Waals surface area (Å²) in [5.74, 6) is -1.70. The topological polar surface area (TPSA) is 110 Å². The van der Waals surface area contributed by atoms with Crippen molar-refractivity contribution in [2.24, 2.45) is 5.92 Å². The zero-order valence-corrected chi connectivity index (χ0v) is 27.9. The van der Waals surface area contributed by atoms with E-state index in [9.17, 15) is 14.4 Å². The van der Waals surface area contributed by atoms with Crippen molar-refractivity contribution in [3.8, 4) is 11.5 Å². The first-order valence-electron chi connectivity index (χ1n) is 16.1. The van der Waals surface area contributed by atoms with E-state index in [0.29, 0.717) is 35.9 Å². The molecule has 1 fully saturated rings. The summed E-state index contributed by atoms with van der Waals surface area (Å²) in [5, 5.41) is 4.18. The summed E-state index contributed by atoms with van der Waals surface area (Å²) in [6.07, 6.45) is 3.18. The number of fused-ring (bicyclic) bond motifs is 1. The fourth-order valence-electron chi connectivity index (χ4n) is 6.19. The van der Waals surface area contributed by atoms with Crippen molar-refractivity contribution in [1.29, 1.82) is 0 Å². The van der Waals surface area contributed by atoms with Crippen molar-refractivity contribution >= 4 is 40.3 Å². The van der Waals surface area contributed by atoms with Gasteiger partial charge in [-0.2, -0.15) is 0 Å². The van der Waals surface area contributed by atoms with E-state index < -0.39 is 23.8 Å². The van der Waals surface area contributed by atoms with Crippen LogP contribution in [-0.2, 0) is 20.9 Å². The molecule has 2 atom stereocenters. The van der Waals surface area contributed by atoms with Gasteiger partial charge in [0.05, 0.1) is 25.2 Å². The van der Waals surface area contributed by atoms with E-state index in [1.54, 1.807) is 19.2 Å². The molecule has 1 aliphatic rings. The van der Waals surface area contributed by atoms with Crippen molar-refractivity contribution in [2.45, 2.75) is 52.0 Å². The molecule has 0 aliphatic carbocycles. The van der Waals surface area contributed by atoms with E-state index in [4.69, 9.17) is 25.8 Å². The maximum atomic E-state index is 13.8. The Morgan fingerprint density at radius 2 is 1.77 bits per heavy atom. The molecule has 1 saturated heterocycles. The summed E-state index contributed by atoms with van der Waals surface area (Å²) < 4.78 is 16.8. The van der Waals surface area contributed by atoms with Gasteiger partial charge in [0.15, 0.2) is 0 Å². The number of hydrogen-bond donors (Lipinski definition) is 2. The largest absolute Gasteiger partial charge is 0.497 e. The second-order valence-electron chi connectivity index (χ2n) is 12.1. The Morgan fingerprint density at radius 1 is 1.00 bits per heavy atom. The van der Waals surface area contributed by atoms with Crippen LogP contribution in [0.4, 0.5) is 0 Å². The number of H-pyrrole nitrogens is 1. The number of aromatic amines is 1. The van der Waals surface area contributed by atoms with Crippen molar-refractivity contribution in [2.75, 3.05) is 33.4 Å². The van der Waals surface area contributed by atoms with Crippen LogP contribution in [0.15, 0.2) is 66.7 Å². The zero-order valence-electron chi connectivity index (χ0n) is 27.1. The van der Waals surface area contributed by atoms with Crippen LogP contribution in [-0.4, -0.2) is 61.1 Å². The Bertz CT molecular complexity index is 1700. The lowest BCUT2D eigenvalue weighted by molar-refractivity contribution is -0.141. The zero-order chi connectivity index (χ0) is 33.3. The van der Waals surface area contributed by atoms with Crippen molar-refractivity contribution in [3.63, 3.8) is 0 Å². The van der Waals surface area contributed by atoms with Gasteiger partial charge in [-0.05, 0) is 111 Å². The first kappa shape index (κ1) is 34.0. The minimum absolute atomic E-state index is 0.0460. The second-order valence-corrected chi connectivity index (χ2v) is 12.6. The molecule has 1 aliphatic heterocycles. The fourth-order valence-corrected chi connectivity index (χ4v) is 6.32. The predicted octanol–water partition coefficient (Wildman–Crippen LogP) is 6.81. The third-order valence-electron chi connectivity index (χ3n) is 8.57. The Labute approximate surface area is 280 Å². The SMILES string of the molecule is COc1ccc2[nH]c(C)c(C(C(=O)OC(=O)c3ccc(Cl)cc3)C(C)CC(=O)NCCCOc3cccc(CN4CCCC4)c3)c2c1. The van der Waals surface area contributed by atoms with Gasteiger partial charge in [0.2, 0.25) is 5.91 Å². The Hall–Kier alpha value is -4.34. The van der Waals surface area contributed by atoms with Crippen LogP contribution < -0.4 is 14.8 Å². The number of aryl methyl sites for hydroxylation is 1. The molecule has 0 bridgehead atoms. The second kappa shape index (κ2) is 16.0. The van der Waals surface area contributed by atoms with Gasteiger partial charge in [0, 0.05) is 41.1 Å². The van der Waals surface area contributed by atoms with E-state index in [1.807, 2.05) is 44.2 Å². The number of halogens is 1. The molecule has 47 heavy (non-hydrogen) atoms. The number of carbonyl (C=O) groups is 3. The molecule has 2 heterocycles. The minimum atomic E-state index is -0.908. The molecular formula is C37H42ClN3O6. The quantitative estimate of drug-likeness (QED) is 0.0869. The molecule has 1 amide bonds. The number of esters is 2. The van der Waals surface area contributed by atoms with Crippen LogP contribution in [0, 0.1) is 12.8 Å². The molecule has 4 aromatic rings. The summed E-state index contributed by atoms with van der Waals surface area (Å²) >= 11 is 5.96. The maximum Gasteiger partial charge on any atom is 0.345 e. The number of rotatable bonds is 14. The summed E-state index contributed by atoms with van der Waals surface area (Å²) in [6, 6.07) is 19.8. The van der Waals surface area contributed by atoms with Crippen LogP contribution in [0.3, 0.4) is 0 Å². The van der Waals surface area contributed by atoms with Gasteiger partial charge < -0.3 is 24.5 Å². The number of ether oxygens (including phenoxy) is 3. The highest BCUT2D eigenvalue weighted by molar-refractivity contribution is 6.30. The van der Waals surface area contributed by atoms with Gasteiger partial charge in [-0.3, -0.25) is 14.5 Å². The smallest absolute Gasteiger partial charge is 0.345 e. The molecular weight excluding hydrogens is 618 g/mol. The molecule has 0 radical (unpaired) electrons. The highest BCUT2D eigenvalue weighted by Crippen LogP contribution is 2.38. The van der Waals surface area contributed by atoms with Crippen molar-refractivity contribution in [1.82, 2.24) is 15.2 Å². The number of nitrogens with one attached hydrogen (secondary N) is 2. The first-order chi connectivity index (χ1) is 22.7. The lowest BCUT2D eigenvalue weighted by atomic mass is 9.83. The van der Waals surface area contributed by atoms with E-state index in [1.165, 1.54) is 30.5 Å². The molecule has 2 unspecified atom stereocenters. The van der Waals surface area contributed by atoms with Gasteiger partial charge >= 0.3 is 11.9 Å². The lowest BCUT2D eigenvalue weighted by Gasteiger charge is -2.23. The standard InChI is InChI=1S/C37H42ClN3O6/c1-24(20-33(42)39-16-7-19-46-30-9-6-8-26(21-30)23-41-17-4-5-18-41)34(37(44)47-36(43)27-10-12-28(38)13-11-27)35-25(2)40-32-15-14-29(45-3)22-31(32)35/h6,8-15,21-22,24,34,40H,4-5,7,16-20,23H2,1-3H3,(H,39,42). The van der Waals surface area contributed by atoms with Gasteiger partial charge in [-0.25, -0.2) is 4.79 Å². The normalized spacial score (nSPS) is 14.5. The predicted molar refractivity (Wildman–Crippen MR) is 182 cm³/mol. The molecule has 0 spiro atoms. The van der Waals surface area contributed by atoms with Crippen LogP contribution >= 0.6 is 11.6 Å². The minimum Gasteiger partial charge on any atom is -0.497 e. The van der Waals surface area contributed by atoms with E-state index in [2.05, 4.69) is 27.3 Å². The summed E-state index contributed by atoms with van der Waals surface area (Å²) in [7, 11) is 1.57. The van der Waals surface area contributed by atoms with E-state index in [0.717, 1.165) is 42.0 Å². The molecule has 9 nitrogen and oxygen atoms in total. The molecule has 3 aromatic carbocycles. The number of amides is 1. The van der Waals surface area contributed by atoms with Gasteiger partial charge in [-0.1, -0.05) is 30.7 Å². The summed E-state index contributed by atoms with van der Waals surface area (Å²) in [6.45, 7) is 7.77. The van der Waals surface area contributed by atoms with Crippen LogP contribution in [0.25, 0.3) is 10.9 Å².